The molecule has 0 saturated heterocycles. The summed E-state index contributed by atoms with van der Waals surface area (Å²) in [4.78, 5) is 12.1. The molecule has 0 fully saturated rings. The van der Waals surface area contributed by atoms with E-state index < -0.39 is 0 Å². The third kappa shape index (κ3) is 4.38. The van der Waals surface area contributed by atoms with E-state index in [0.29, 0.717) is 19.5 Å². The van der Waals surface area contributed by atoms with Gasteiger partial charge in [-0.05, 0) is 55.4 Å². The molecule has 0 bridgehead atoms. The van der Waals surface area contributed by atoms with Gasteiger partial charge in [0.15, 0.2) is 8.29 Å². The van der Waals surface area contributed by atoms with E-state index in [-0.39, 0.29) is 17.5 Å². The van der Waals surface area contributed by atoms with Crippen LogP contribution in [0.3, 0.4) is 0 Å². The Kier molecular flexibility index (Phi) is 5.85. The molecule has 1 aromatic heterocycles. The molecule has 0 aliphatic rings. The summed E-state index contributed by atoms with van der Waals surface area (Å²) in [5, 5.41) is 7.19. The van der Waals surface area contributed by atoms with Crippen molar-refractivity contribution in [3.63, 3.8) is 0 Å². The van der Waals surface area contributed by atoms with Crippen LogP contribution in [0.4, 0.5) is 10.1 Å². The number of thioether (sulfide) groups is 1. The van der Waals surface area contributed by atoms with Gasteiger partial charge in [-0.3, -0.25) is 4.79 Å². The molecule has 8 heteroatoms. The second-order valence-electron chi connectivity index (χ2n) is 5.63. The van der Waals surface area contributed by atoms with E-state index in [1.165, 1.54) is 29.2 Å². The van der Waals surface area contributed by atoms with Gasteiger partial charge in [-0.2, -0.15) is 0 Å². The summed E-state index contributed by atoms with van der Waals surface area (Å²) in [5.41, 5.74) is 2.99. The van der Waals surface area contributed by atoms with Crippen LogP contribution in [0.25, 0.3) is 5.69 Å². The van der Waals surface area contributed by atoms with Crippen molar-refractivity contribution in [3.05, 3.63) is 63.4 Å². The first-order valence-corrected chi connectivity index (χ1v) is 10.00. The van der Waals surface area contributed by atoms with Crippen LogP contribution in [-0.2, 0) is 4.79 Å². The lowest BCUT2D eigenvalue weighted by Crippen LogP contribution is -2.14. The normalized spacial score (nSPS) is 10.7. The average Bonchev–Trinajstić information content (AvgIpc) is 2.97. The highest BCUT2D eigenvalue weighted by atomic mass is 32.2. The van der Waals surface area contributed by atoms with E-state index in [9.17, 15) is 9.18 Å². The number of hydrogen-bond acceptors (Lipinski definition) is 5. The summed E-state index contributed by atoms with van der Waals surface area (Å²) in [6.07, 6.45) is 0. The Hall–Kier alpha value is -2.03. The van der Waals surface area contributed by atoms with Gasteiger partial charge >= 0.3 is 0 Å². The van der Waals surface area contributed by atoms with Gasteiger partial charge in [0, 0.05) is 5.69 Å². The van der Waals surface area contributed by atoms with Crippen LogP contribution in [0.1, 0.15) is 11.1 Å². The number of benzene rings is 2. The molecule has 1 amide bonds. The van der Waals surface area contributed by atoms with Crippen molar-refractivity contribution < 1.29 is 9.18 Å². The highest BCUT2D eigenvalue weighted by molar-refractivity contribution is 8.01. The second kappa shape index (κ2) is 8.11. The van der Waals surface area contributed by atoms with Crippen molar-refractivity contribution in [2.75, 3.05) is 11.1 Å². The van der Waals surface area contributed by atoms with Crippen LogP contribution in [0.5, 0.6) is 0 Å². The quantitative estimate of drug-likeness (QED) is 0.471. The minimum Gasteiger partial charge on any atom is -0.325 e. The largest absolute Gasteiger partial charge is 0.325 e. The van der Waals surface area contributed by atoms with Gasteiger partial charge in [0.2, 0.25) is 5.91 Å². The number of anilines is 1. The fraction of sp³-hybridized carbons (Fsp3) is 0.167. The number of rotatable bonds is 5. The zero-order valence-corrected chi connectivity index (χ0v) is 16.6. The molecular formula is C18H16FN3OS3. The molecule has 26 heavy (non-hydrogen) atoms. The topological polar surface area (TPSA) is 46.9 Å². The molecule has 0 spiro atoms. The van der Waals surface area contributed by atoms with Crippen LogP contribution in [0, 0.1) is 23.6 Å². The number of halogens is 1. The van der Waals surface area contributed by atoms with Crippen molar-refractivity contribution in [1.29, 1.82) is 0 Å². The van der Waals surface area contributed by atoms with Gasteiger partial charge in [-0.1, -0.05) is 47.4 Å². The van der Waals surface area contributed by atoms with Crippen molar-refractivity contribution in [2.45, 2.75) is 18.2 Å². The first kappa shape index (κ1) is 18.8. The third-order valence-corrected chi connectivity index (χ3v) is 6.02. The minimum absolute atomic E-state index is 0.172. The Labute approximate surface area is 164 Å². The fourth-order valence-electron chi connectivity index (χ4n) is 2.27. The summed E-state index contributed by atoms with van der Waals surface area (Å²) >= 11 is 8.05. The average molecular weight is 406 g/mol. The van der Waals surface area contributed by atoms with Crippen molar-refractivity contribution >= 4 is 46.9 Å². The first-order valence-electron chi connectivity index (χ1n) is 7.79. The van der Waals surface area contributed by atoms with Crippen molar-refractivity contribution in [1.82, 2.24) is 9.78 Å². The number of aromatic nitrogens is 2. The van der Waals surface area contributed by atoms with Gasteiger partial charge in [0.1, 0.15) is 5.82 Å². The zero-order chi connectivity index (χ0) is 18.7. The van der Waals surface area contributed by atoms with E-state index in [4.69, 9.17) is 12.2 Å². The summed E-state index contributed by atoms with van der Waals surface area (Å²) < 4.78 is 16.6. The zero-order valence-electron chi connectivity index (χ0n) is 14.2. The highest BCUT2D eigenvalue weighted by Gasteiger charge is 2.11. The van der Waals surface area contributed by atoms with Gasteiger partial charge in [0.05, 0.1) is 11.4 Å². The maximum Gasteiger partial charge on any atom is 0.234 e. The van der Waals surface area contributed by atoms with Gasteiger partial charge in [-0.25, -0.2) is 9.07 Å². The lowest BCUT2D eigenvalue weighted by molar-refractivity contribution is -0.113. The molecule has 1 N–H and O–H groups in total. The summed E-state index contributed by atoms with van der Waals surface area (Å²) in [7, 11) is 0. The molecule has 0 atom stereocenters. The highest BCUT2D eigenvalue weighted by Crippen LogP contribution is 2.25. The van der Waals surface area contributed by atoms with Crippen LogP contribution >= 0.6 is 35.3 Å². The Morgan fingerprint density at radius 2 is 2.04 bits per heavy atom. The first-order chi connectivity index (χ1) is 12.4. The standard InChI is InChI=1S/C18H16FN3OS3/c1-11-7-8-13(9-14(11)19)20-16(23)10-25-17-21-22(18(24)26-17)15-6-4-3-5-12(15)2/h3-9H,10H2,1-2H3,(H,20,23). The molecular weight excluding hydrogens is 389 g/mol. The van der Waals surface area contributed by atoms with Gasteiger partial charge in [0.25, 0.3) is 0 Å². The molecule has 0 saturated carbocycles. The van der Waals surface area contributed by atoms with Crippen LogP contribution < -0.4 is 5.32 Å². The number of carbonyl (C=O) groups excluding carboxylic acids is 1. The van der Waals surface area contributed by atoms with Crippen LogP contribution in [-0.4, -0.2) is 21.4 Å². The lowest BCUT2D eigenvalue weighted by Gasteiger charge is -2.05. The molecule has 4 nitrogen and oxygen atoms in total. The monoisotopic (exact) mass is 405 g/mol. The Morgan fingerprint density at radius 3 is 2.77 bits per heavy atom. The molecule has 3 aromatic rings. The number of amides is 1. The van der Waals surface area contributed by atoms with Gasteiger partial charge < -0.3 is 5.32 Å². The van der Waals surface area contributed by atoms with Crippen LogP contribution in [0.2, 0.25) is 0 Å². The molecule has 1 heterocycles. The maximum absolute atomic E-state index is 13.5. The van der Waals surface area contributed by atoms with Gasteiger partial charge in [-0.15, -0.1) is 5.10 Å². The van der Waals surface area contributed by atoms with E-state index in [1.54, 1.807) is 23.7 Å². The Bertz CT molecular complexity index is 1010. The van der Waals surface area contributed by atoms with Crippen LogP contribution in [0.15, 0.2) is 46.8 Å². The fourth-order valence-corrected chi connectivity index (χ4v) is 4.41. The number of para-hydroxylation sites is 1. The molecule has 134 valence electrons. The molecule has 0 unspecified atom stereocenters. The number of nitrogens with zero attached hydrogens (tertiary/aromatic N) is 2. The number of aryl methyl sites for hydroxylation is 2. The third-order valence-electron chi connectivity index (χ3n) is 3.66. The molecule has 3 rings (SSSR count). The summed E-state index contributed by atoms with van der Waals surface area (Å²) in [5.74, 6) is -0.391. The number of hydrogen-bond donors (Lipinski definition) is 1. The SMILES string of the molecule is Cc1ccc(NC(=O)CSc2nn(-c3ccccc3C)c(=S)s2)cc1F. The van der Waals surface area contributed by atoms with E-state index >= 15 is 0 Å². The molecule has 0 aliphatic carbocycles. The second-order valence-corrected chi connectivity index (χ2v) is 8.48. The molecule has 0 aliphatic heterocycles. The van der Waals surface area contributed by atoms with E-state index in [2.05, 4.69) is 10.4 Å². The van der Waals surface area contributed by atoms with E-state index in [0.717, 1.165) is 11.3 Å². The summed E-state index contributed by atoms with van der Waals surface area (Å²) in [6, 6.07) is 12.5. The predicted octanol–water partition coefficient (Wildman–Crippen LogP) is 5.15. The van der Waals surface area contributed by atoms with E-state index in [1.807, 2.05) is 31.2 Å². The van der Waals surface area contributed by atoms with Crippen molar-refractivity contribution in [3.8, 4) is 5.69 Å². The number of carbonyl (C=O) groups is 1. The Balaban J connectivity index is 1.66. The molecule has 0 radical (unpaired) electrons. The molecule has 2 aromatic carbocycles. The van der Waals surface area contributed by atoms with Crippen molar-refractivity contribution in [2.24, 2.45) is 0 Å². The number of nitrogens with one attached hydrogen (secondary N) is 1. The minimum atomic E-state index is -0.342. The summed E-state index contributed by atoms with van der Waals surface area (Å²) in [6.45, 7) is 3.67. The Morgan fingerprint density at radius 1 is 1.27 bits per heavy atom. The maximum atomic E-state index is 13.5. The predicted molar refractivity (Wildman–Crippen MR) is 108 cm³/mol. The lowest BCUT2D eigenvalue weighted by atomic mass is 10.2. The smallest absolute Gasteiger partial charge is 0.234 e.